The number of ketones is 1. The first-order valence-electron chi connectivity index (χ1n) is 5.80. The molecule has 0 atom stereocenters. The molecule has 0 saturated carbocycles. The van der Waals surface area contributed by atoms with Gasteiger partial charge in [-0.1, -0.05) is 53.0 Å². The van der Waals surface area contributed by atoms with Gasteiger partial charge < -0.3 is 0 Å². The first-order chi connectivity index (χ1) is 9.06. The highest BCUT2D eigenvalue weighted by Gasteiger charge is 2.02. The highest BCUT2D eigenvalue weighted by atomic mass is 35.5. The van der Waals surface area contributed by atoms with Crippen molar-refractivity contribution in [2.75, 3.05) is 0 Å². The largest absolute Gasteiger partial charge is 0.289 e. The summed E-state index contributed by atoms with van der Waals surface area (Å²) < 4.78 is 0. The molecule has 0 aromatic heterocycles. The summed E-state index contributed by atoms with van der Waals surface area (Å²) in [7, 11) is 0. The van der Waals surface area contributed by atoms with Crippen LogP contribution in [0.2, 0.25) is 10.0 Å². The van der Waals surface area contributed by atoms with E-state index in [0.29, 0.717) is 15.6 Å². The second-order valence-corrected chi connectivity index (χ2v) is 5.08. The third kappa shape index (κ3) is 3.69. The standard InChI is InChI=1S/C16H12Cl2O/c1-11-3-2-4-13(9-11)16(19)8-6-12-5-7-14(17)10-15(12)18/h2-10H,1H3/b8-6-. The average Bonchev–Trinajstić information content (AvgIpc) is 2.37. The molecule has 0 unspecified atom stereocenters. The lowest BCUT2D eigenvalue weighted by molar-refractivity contribution is 0.104. The SMILES string of the molecule is Cc1cccc(C(=O)/C=C\c2ccc(Cl)cc2Cl)c1. The van der Waals surface area contributed by atoms with Crippen LogP contribution in [0.3, 0.4) is 0 Å². The van der Waals surface area contributed by atoms with E-state index in [-0.39, 0.29) is 5.78 Å². The lowest BCUT2D eigenvalue weighted by Crippen LogP contribution is -1.94. The summed E-state index contributed by atoms with van der Waals surface area (Å²) in [4.78, 5) is 12.0. The zero-order chi connectivity index (χ0) is 13.8. The van der Waals surface area contributed by atoms with Gasteiger partial charge in [0.2, 0.25) is 0 Å². The molecular weight excluding hydrogens is 279 g/mol. The minimum Gasteiger partial charge on any atom is -0.289 e. The van der Waals surface area contributed by atoms with E-state index in [0.717, 1.165) is 11.1 Å². The molecule has 0 spiro atoms. The van der Waals surface area contributed by atoms with Crippen molar-refractivity contribution in [3.63, 3.8) is 0 Å². The first-order valence-corrected chi connectivity index (χ1v) is 6.56. The maximum atomic E-state index is 12.0. The molecule has 2 rings (SSSR count). The van der Waals surface area contributed by atoms with Gasteiger partial charge in [-0.25, -0.2) is 0 Å². The van der Waals surface area contributed by atoms with Gasteiger partial charge in [0.25, 0.3) is 0 Å². The number of carbonyl (C=O) groups excluding carboxylic acids is 1. The molecule has 2 aromatic carbocycles. The third-order valence-corrected chi connectivity index (χ3v) is 3.24. The Morgan fingerprint density at radius 3 is 2.58 bits per heavy atom. The number of hydrogen-bond donors (Lipinski definition) is 0. The van der Waals surface area contributed by atoms with Crippen LogP contribution in [0.1, 0.15) is 21.5 Å². The fraction of sp³-hybridized carbons (Fsp3) is 0.0625. The molecule has 0 N–H and O–H groups in total. The molecule has 0 amide bonds. The second-order valence-electron chi connectivity index (χ2n) is 4.23. The molecule has 0 saturated heterocycles. The monoisotopic (exact) mass is 290 g/mol. The maximum absolute atomic E-state index is 12.0. The number of carbonyl (C=O) groups is 1. The van der Waals surface area contributed by atoms with Crippen molar-refractivity contribution < 1.29 is 4.79 Å². The predicted octanol–water partition coefficient (Wildman–Crippen LogP) is 5.20. The quantitative estimate of drug-likeness (QED) is 0.561. The molecule has 3 heteroatoms. The van der Waals surface area contributed by atoms with E-state index in [9.17, 15) is 4.79 Å². The van der Waals surface area contributed by atoms with Gasteiger partial charge >= 0.3 is 0 Å². The Morgan fingerprint density at radius 1 is 1.11 bits per heavy atom. The summed E-state index contributed by atoms with van der Waals surface area (Å²) in [5.74, 6) is -0.0466. The van der Waals surface area contributed by atoms with Gasteiger partial charge in [-0.15, -0.1) is 0 Å². The number of benzene rings is 2. The Kier molecular flexibility index (Phi) is 4.41. The fourth-order valence-electron chi connectivity index (χ4n) is 1.70. The van der Waals surface area contributed by atoms with Crippen molar-refractivity contribution in [2.45, 2.75) is 6.92 Å². The van der Waals surface area contributed by atoms with Crippen molar-refractivity contribution in [2.24, 2.45) is 0 Å². The highest BCUT2D eigenvalue weighted by Crippen LogP contribution is 2.22. The van der Waals surface area contributed by atoms with Crippen molar-refractivity contribution in [3.8, 4) is 0 Å². The molecule has 0 aliphatic carbocycles. The molecule has 0 aliphatic heterocycles. The van der Waals surface area contributed by atoms with Crippen LogP contribution in [-0.4, -0.2) is 5.78 Å². The van der Waals surface area contributed by atoms with Gasteiger partial charge in [0.15, 0.2) is 5.78 Å². The van der Waals surface area contributed by atoms with Crippen molar-refractivity contribution >= 4 is 35.1 Å². The third-order valence-electron chi connectivity index (χ3n) is 2.68. The summed E-state index contributed by atoms with van der Waals surface area (Å²) in [5.41, 5.74) is 2.50. The van der Waals surface area contributed by atoms with Crippen LogP contribution in [0.4, 0.5) is 0 Å². The Hall–Kier alpha value is -1.57. The zero-order valence-electron chi connectivity index (χ0n) is 10.4. The molecule has 2 aromatic rings. The smallest absolute Gasteiger partial charge is 0.185 e. The number of aryl methyl sites for hydroxylation is 1. The molecule has 1 nitrogen and oxygen atoms in total. The number of rotatable bonds is 3. The minimum absolute atomic E-state index is 0.0466. The summed E-state index contributed by atoms with van der Waals surface area (Å²) >= 11 is 11.9. The molecule has 96 valence electrons. The molecule has 0 bridgehead atoms. The summed E-state index contributed by atoms with van der Waals surface area (Å²) in [6, 6.07) is 12.6. The van der Waals surface area contributed by atoms with Crippen molar-refractivity contribution in [1.29, 1.82) is 0 Å². The molecule has 0 aliphatic rings. The Balaban J connectivity index is 2.21. The van der Waals surface area contributed by atoms with Gasteiger partial charge in [0, 0.05) is 15.6 Å². The summed E-state index contributed by atoms with van der Waals surface area (Å²) in [6.45, 7) is 1.95. The van der Waals surface area contributed by atoms with Gasteiger partial charge in [-0.2, -0.15) is 0 Å². The maximum Gasteiger partial charge on any atom is 0.185 e. The lowest BCUT2D eigenvalue weighted by Gasteiger charge is -2.00. The normalized spacial score (nSPS) is 10.9. The fourth-order valence-corrected chi connectivity index (χ4v) is 2.17. The van der Waals surface area contributed by atoms with Crippen LogP contribution in [0.5, 0.6) is 0 Å². The van der Waals surface area contributed by atoms with E-state index in [1.54, 1.807) is 30.3 Å². The van der Waals surface area contributed by atoms with Gasteiger partial charge in [0.05, 0.1) is 0 Å². The van der Waals surface area contributed by atoms with Gasteiger partial charge in [0.1, 0.15) is 0 Å². The molecule has 0 fully saturated rings. The summed E-state index contributed by atoms with van der Waals surface area (Å²) in [5, 5.41) is 1.10. The summed E-state index contributed by atoms with van der Waals surface area (Å²) in [6.07, 6.45) is 3.22. The van der Waals surface area contributed by atoms with E-state index in [4.69, 9.17) is 23.2 Å². The number of allylic oxidation sites excluding steroid dienone is 1. The zero-order valence-corrected chi connectivity index (χ0v) is 11.9. The lowest BCUT2D eigenvalue weighted by atomic mass is 10.1. The van der Waals surface area contributed by atoms with Crippen LogP contribution >= 0.6 is 23.2 Å². The Morgan fingerprint density at radius 2 is 1.89 bits per heavy atom. The highest BCUT2D eigenvalue weighted by molar-refractivity contribution is 6.35. The number of halogens is 2. The van der Waals surface area contributed by atoms with Crippen LogP contribution < -0.4 is 0 Å². The van der Waals surface area contributed by atoms with Crippen LogP contribution in [0.25, 0.3) is 6.08 Å². The van der Waals surface area contributed by atoms with E-state index in [2.05, 4.69) is 0 Å². The van der Waals surface area contributed by atoms with Crippen molar-refractivity contribution in [1.82, 2.24) is 0 Å². The van der Waals surface area contributed by atoms with E-state index < -0.39 is 0 Å². The molecule has 0 radical (unpaired) electrons. The minimum atomic E-state index is -0.0466. The average molecular weight is 291 g/mol. The first kappa shape index (κ1) is 13.9. The Bertz CT molecular complexity index is 645. The molecular formula is C16H12Cl2O. The number of hydrogen-bond acceptors (Lipinski definition) is 1. The van der Waals surface area contributed by atoms with Crippen LogP contribution in [0.15, 0.2) is 48.5 Å². The molecule has 19 heavy (non-hydrogen) atoms. The van der Waals surface area contributed by atoms with Gasteiger partial charge in [-0.05, 0) is 42.8 Å². The van der Waals surface area contributed by atoms with E-state index in [1.807, 2.05) is 25.1 Å². The second kappa shape index (κ2) is 6.05. The van der Waals surface area contributed by atoms with Crippen LogP contribution in [-0.2, 0) is 0 Å². The molecule has 0 heterocycles. The van der Waals surface area contributed by atoms with Crippen molar-refractivity contribution in [3.05, 3.63) is 75.3 Å². The Labute approximate surface area is 122 Å². The van der Waals surface area contributed by atoms with E-state index >= 15 is 0 Å². The van der Waals surface area contributed by atoms with Crippen LogP contribution in [0, 0.1) is 6.92 Å². The van der Waals surface area contributed by atoms with E-state index in [1.165, 1.54) is 6.08 Å². The topological polar surface area (TPSA) is 17.1 Å². The van der Waals surface area contributed by atoms with Gasteiger partial charge in [-0.3, -0.25) is 4.79 Å². The predicted molar refractivity (Wildman–Crippen MR) is 81.0 cm³/mol.